The van der Waals surface area contributed by atoms with Gasteiger partial charge in [-0.25, -0.2) is 0 Å². The van der Waals surface area contributed by atoms with Crippen molar-refractivity contribution in [2.45, 2.75) is 26.7 Å². The molecule has 1 aliphatic rings. The average molecular weight is 162 g/mol. The van der Waals surface area contributed by atoms with Crippen LogP contribution in [0.15, 0.2) is 12.4 Å². The first-order chi connectivity index (χ1) is 5.97. The number of hydrogen-bond acceptors (Lipinski definition) is 2. The molecule has 0 unspecified atom stereocenters. The highest BCUT2D eigenvalue weighted by molar-refractivity contribution is 5.32. The van der Waals surface area contributed by atoms with Crippen molar-refractivity contribution < 1.29 is 0 Å². The van der Waals surface area contributed by atoms with Crippen LogP contribution in [0.2, 0.25) is 0 Å². The predicted molar refractivity (Wildman–Crippen MR) is 50.8 cm³/mol. The van der Waals surface area contributed by atoms with Crippen LogP contribution >= 0.6 is 0 Å². The molecule has 2 nitrogen and oxygen atoms in total. The maximum Gasteiger partial charge on any atom is 0.0843 e. The van der Waals surface area contributed by atoms with Crippen LogP contribution < -0.4 is 10.7 Å². The SMILES string of the molecule is C1=c2nccnc2=CCC1.CC. The Morgan fingerprint density at radius 3 is 1.75 bits per heavy atom. The lowest BCUT2D eigenvalue weighted by Gasteiger charge is -1.95. The van der Waals surface area contributed by atoms with Crippen molar-refractivity contribution in [1.29, 1.82) is 0 Å². The minimum atomic E-state index is 1.04. The molecular weight excluding hydrogens is 148 g/mol. The van der Waals surface area contributed by atoms with E-state index < -0.39 is 0 Å². The Kier molecular flexibility index (Phi) is 3.45. The Labute approximate surface area is 72.7 Å². The van der Waals surface area contributed by atoms with E-state index in [1.54, 1.807) is 12.4 Å². The molecular formula is C10H14N2. The van der Waals surface area contributed by atoms with Crippen molar-refractivity contribution in [3.63, 3.8) is 0 Å². The van der Waals surface area contributed by atoms with Gasteiger partial charge in [0.05, 0.1) is 10.7 Å². The van der Waals surface area contributed by atoms with E-state index in [1.807, 2.05) is 13.8 Å². The van der Waals surface area contributed by atoms with Crippen LogP contribution in [0.5, 0.6) is 0 Å². The first-order valence-electron chi connectivity index (χ1n) is 4.44. The van der Waals surface area contributed by atoms with Gasteiger partial charge in [0.15, 0.2) is 0 Å². The van der Waals surface area contributed by atoms with E-state index in [0.29, 0.717) is 0 Å². The zero-order valence-corrected chi connectivity index (χ0v) is 7.62. The molecule has 0 saturated heterocycles. The molecule has 1 aliphatic carbocycles. The standard InChI is InChI=1S/C8H8N2.C2H6/c1-2-4-8-7(3-1)9-5-6-10-8;1-2/h3-6H,1-2H2;1-2H3. The molecule has 2 rings (SSSR count). The summed E-state index contributed by atoms with van der Waals surface area (Å²) in [4.78, 5) is 8.34. The molecule has 1 aromatic heterocycles. The second-order valence-corrected chi connectivity index (χ2v) is 2.31. The minimum absolute atomic E-state index is 1.04. The molecule has 0 fully saturated rings. The summed E-state index contributed by atoms with van der Waals surface area (Å²) in [7, 11) is 0. The van der Waals surface area contributed by atoms with Crippen molar-refractivity contribution in [1.82, 2.24) is 9.97 Å². The third kappa shape index (κ3) is 1.91. The van der Waals surface area contributed by atoms with E-state index in [-0.39, 0.29) is 0 Å². The van der Waals surface area contributed by atoms with Gasteiger partial charge in [0.25, 0.3) is 0 Å². The molecule has 0 saturated carbocycles. The third-order valence-electron chi connectivity index (χ3n) is 1.60. The van der Waals surface area contributed by atoms with Crippen molar-refractivity contribution >= 4 is 12.2 Å². The van der Waals surface area contributed by atoms with Gasteiger partial charge in [-0.05, 0) is 12.8 Å². The van der Waals surface area contributed by atoms with Crippen molar-refractivity contribution in [3.05, 3.63) is 23.1 Å². The lowest BCUT2D eigenvalue weighted by molar-refractivity contribution is 1.02. The van der Waals surface area contributed by atoms with Crippen LogP contribution in [-0.2, 0) is 0 Å². The Hall–Kier alpha value is -1.18. The molecule has 1 aromatic rings. The maximum atomic E-state index is 4.17. The predicted octanol–water partition coefficient (Wildman–Crippen LogP) is 0.858. The maximum absolute atomic E-state index is 4.17. The minimum Gasteiger partial charge on any atom is -0.253 e. The fraction of sp³-hybridized carbons (Fsp3) is 0.400. The summed E-state index contributed by atoms with van der Waals surface area (Å²) in [5.74, 6) is 0. The van der Waals surface area contributed by atoms with Crippen molar-refractivity contribution in [2.75, 3.05) is 0 Å². The third-order valence-corrected chi connectivity index (χ3v) is 1.60. The molecule has 12 heavy (non-hydrogen) atoms. The van der Waals surface area contributed by atoms with Gasteiger partial charge in [0.1, 0.15) is 0 Å². The van der Waals surface area contributed by atoms with Crippen LogP contribution in [0.25, 0.3) is 12.2 Å². The highest BCUT2D eigenvalue weighted by Gasteiger charge is 1.91. The summed E-state index contributed by atoms with van der Waals surface area (Å²) in [5, 5.41) is 2.07. The number of aromatic nitrogens is 2. The Morgan fingerprint density at radius 2 is 1.33 bits per heavy atom. The number of rotatable bonds is 0. The van der Waals surface area contributed by atoms with Gasteiger partial charge in [0.2, 0.25) is 0 Å². The van der Waals surface area contributed by atoms with Gasteiger partial charge in [0, 0.05) is 12.4 Å². The highest BCUT2D eigenvalue weighted by Crippen LogP contribution is 1.91. The van der Waals surface area contributed by atoms with Gasteiger partial charge in [-0.2, -0.15) is 0 Å². The summed E-state index contributed by atoms with van der Waals surface area (Å²) in [6.45, 7) is 4.00. The van der Waals surface area contributed by atoms with Crippen LogP contribution in [0, 0.1) is 0 Å². The monoisotopic (exact) mass is 162 g/mol. The molecule has 0 bridgehead atoms. The molecule has 64 valence electrons. The zero-order valence-electron chi connectivity index (χ0n) is 7.62. The first kappa shape index (κ1) is 8.91. The molecule has 0 radical (unpaired) electrons. The second-order valence-electron chi connectivity index (χ2n) is 2.31. The highest BCUT2D eigenvalue weighted by atomic mass is 14.8. The molecule has 0 atom stereocenters. The van der Waals surface area contributed by atoms with E-state index >= 15 is 0 Å². The van der Waals surface area contributed by atoms with Gasteiger partial charge in [-0.3, -0.25) is 9.97 Å². The normalized spacial score (nSPS) is 12.8. The van der Waals surface area contributed by atoms with E-state index in [2.05, 4.69) is 22.1 Å². The number of fused-ring (bicyclic) bond motifs is 1. The Balaban J connectivity index is 0.000000336. The van der Waals surface area contributed by atoms with Crippen molar-refractivity contribution in [2.24, 2.45) is 0 Å². The molecule has 0 spiro atoms. The van der Waals surface area contributed by atoms with E-state index in [1.165, 1.54) is 0 Å². The van der Waals surface area contributed by atoms with Gasteiger partial charge >= 0.3 is 0 Å². The largest absolute Gasteiger partial charge is 0.253 e. The summed E-state index contributed by atoms with van der Waals surface area (Å²) >= 11 is 0. The van der Waals surface area contributed by atoms with Gasteiger partial charge in [-0.15, -0.1) is 0 Å². The fourth-order valence-corrected chi connectivity index (χ4v) is 1.11. The number of hydrogen-bond donors (Lipinski definition) is 0. The van der Waals surface area contributed by atoms with E-state index in [0.717, 1.165) is 23.5 Å². The molecule has 0 N–H and O–H groups in total. The zero-order chi connectivity index (χ0) is 8.81. The summed E-state index contributed by atoms with van der Waals surface area (Å²) in [5.41, 5.74) is 0. The topological polar surface area (TPSA) is 25.8 Å². The van der Waals surface area contributed by atoms with Crippen LogP contribution in [0.4, 0.5) is 0 Å². The van der Waals surface area contributed by atoms with Crippen LogP contribution in [0.3, 0.4) is 0 Å². The second kappa shape index (κ2) is 4.65. The Bertz CT molecular complexity index is 306. The van der Waals surface area contributed by atoms with Crippen LogP contribution in [-0.4, -0.2) is 9.97 Å². The molecule has 0 amide bonds. The summed E-state index contributed by atoms with van der Waals surface area (Å²) < 4.78 is 0. The van der Waals surface area contributed by atoms with Crippen LogP contribution in [0.1, 0.15) is 26.7 Å². The smallest absolute Gasteiger partial charge is 0.0843 e. The fourth-order valence-electron chi connectivity index (χ4n) is 1.11. The quantitative estimate of drug-likeness (QED) is 0.565. The van der Waals surface area contributed by atoms with E-state index in [4.69, 9.17) is 0 Å². The molecule has 2 heteroatoms. The van der Waals surface area contributed by atoms with Gasteiger partial charge in [-0.1, -0.05) is 26.0 Å². The molecule has 1 heterocycles. The molecule has 0 aromatic carbocycles. The summed E-state index contributed by atoms with van der Waals surface area (Å²) in [6, 6.07) is 0. The average Bonchev–Trinajstić information content (AvgIpc) is 2.21. The first-order valence-corrected chi connectivity index (χ1v) is 4.44. The van der Waals surface area contributed by atoms with E-state index in [9.17, 15) is 0 Å². The Morgan fingerprint density at radius 1 is 0.917 bits per heavy atom. The summed E-state index contributed by atoms with van der Waals surface area (Å²) in [6.07, 6.45) is 9.92. The lowest BCUT2D eigenvalue weighted by atomic mass is 10.2. The molecule has 0 aliphatic heterocycles. The lowest BCUT2D eigenvalue weighted by Crippen LogP contribution is -2.32. The van der Waals surface area contributed by atoms with Gasteiger partial charge < -0.3 is 0 Å². The van der Waals surface area contributed by atoms with Crippen molar-refractivity contribution in [3.8, 4) is 0 Å². The number of nitrogens with zero attached hydrogens (tertiary/aromatic N) is 2.